The smallest absolute Gasteiger partial charge is 0.0926 e. The third kappa shape index (κ3) is 7.88. The lowest BCUT2D eigenvalue weighted by Gasteiger charge is -2.39. The SMILES string of the molecule is CCCCCCOCCCCCN1C[C@H](O)C(O)C[C@@H]1CO. The minimum atomic E-state index is -0.700. The van der Waals surface area contributed by atoms with Gasteiger partial charge >= 0.3 is 0 Å². The van der Waals surface area contributed by atoms with E-state index in [1.807, 2.05) is 0 Å². The van der Waals surface area contributed by atoms with E-state index in [9.17, 15) is 15.3 Å². The van der Waals surface area contributed by atoms with Crippen molar-refractivity contribution in [3.63, 3.8) is 0 Å². The Morgan fingerprint density at radius 3 is 2.27 bits per heavy atom. The van der Waals surface area contributed by atoms with Crippen molar-refractivity contribution in [2.75, 3.05) is 32.9 Å². The molecule has 0 radical (unpaired) electrons. The third-order valence-electron chi connectivity index (χ3n) is 4.48. The zero-order valence-corrected chi connectivity index (χ0v) is 14.1. The normalized spacial score (nSPS) is 26.5. The number of ether oxygens (including phenoxy) is 1. The molecule has 0 amide bonds. The van der Waals surface area contributed by atoms with Crippen LogP contribution in [-0.4, -0.2) is 71.4 Å². The molecule has 132 valence electrons. The Morgan fingerprint density at radius 1 is 0.955 bits per heavy atom. The summed E-state index contributed by atoms with van der Waals surface area (Å²) in [5.74, 6) is 0. The number of aliphatic hydroxyl groups excluding tert-OH is 3. The molecular weight excluding hydrogens is 282 g/mol. The van der Waals surface area contributed by atoms with Crippen molar-refractivity contribution >= 4 is 0 Å². The summed E-state index contributed by atoms with van der Waals surface area (Å²) in [6, 6.07) is -0.0202. The molecule has 5 heteroatoms. The maximum atomic E-state index is 9.73. The van der Waals surface area contributed by atoms with Gasteiger partial charge in [-0.05, 0) is 38.6 Å². The first-order valence-corrected chi connectivity index (χ1v) is 8.97. The fraction of sp³-hybridized carbons (Fsp3) is 1.00. The van der Waals surface area contributed by atoms with Crippen LogP contribution in [0.2, 0.25) is 0 Å². The van der Waals surface area contributed by atoms with Gasteiger partial charge in [0.1, 0.15) is 0 Å². The largest absolute Gasteiger partial charge is 0.395 e. The van der Waals surface area contributed by atoms with Crippen molar-refractivity contribution in [3.8, 4) is 0 Å². The number of piperidine rings is 1. The van der Waals surface area contributed by atoms with Gasteiger partial charge in [-0.15, -0.1) is 0 Å². The second-order valence-electron chi connectivity index (χ2n) is 6.44. The van der Waals surface area contributed by atoms with Crippen molar-refractivity contribution < 1.29 is 20.1 Å². The van der Waals surface area contributed by atoms with Crippen LogP contribution in [0.1, 0.15) is 58.3 Å². The second-order valence-corrected chi connectivity index (χ2v) is 6.44. The van der Waals surface area contributed by atoms with Crippen molar-refractivity contribution in [2.24, 2.45) is 0 Å². The van der Waals surface area contributed by atoms with Gasteiger partial charge in [-0.2, -0.15) is 0 Å². The van der Waals surface area contributed by atoms with Crippen molar-refractivity contribution in [1.82, 2.24) is 4.90 Å². The van der Waals surface area contributed by atoms with Crippen LogP contribution in [0, 0.1) is 0 Å². The Morgan fingerprint density at radius 2 is 1.64 bits per heavy atom. The van der Waals surface area contributed by atoms with Crippen LogP contribution in [0.5, 0.6) is 0 Å². The summed E-state index contributed by atoms with van der Waals surface area (Å²) < 4.78 is 5.62. The summed E-state index contributed by atoms with van der Waals surface area (Å²) in [5.41, 5.74) is 0. The summed E-state index contributed by atoms with van der Waals surface area (Å²) in [4.78, 5) is 2.10. The molecule has 0 bridgehead atoms. The van der Waals surface area contributed by atoms with E-state index >= 15 is 0 Å². The van der Waals surface area contributed by atoms with Gasteiger partial charge in [-0.25, -0.2) is 0 Å². The van der Waals surface area contributed by atoms with E-state index in [1.54, 1.807) is 0 Å². The number of hydrogen-bond acceptors (Lipinski definition) is 5. The first-order valence-electron chi connectivity index (χ1n) is 8.97. The quantitative estimate of drug-likeness (QED) is 0.476. The van der Waals surface area contributed by atoms with Gasteiger partial charge in [0.05, 0.1) is 18.8 Å². The van der Waals surface area contributed by atoms with E-state index in [1.165, 1.54) is 25.7 Å². The van der Waals surface area contributed by atoms with Crippen LogP contribution in [0.3, 0.4) is 0 Å². The second kappa shape index (κ2) is 12.3. The van der Waals surface area contributed by atoms with Crippen LogP contribution in [0.4, 0.5) is 0 Å². The molecule has 0 aromatic heterocycles. The number of nitrogens with zero attached hydrogens (tertiary/aromatic N) is 1. The van der Waals surface area contributed by atoms with Gasteiger partial charge in [-0.1, -0.05) is 26.2 Å². The Balaban J connectivity index is 1.99. The molecule has 3 N–H and O–H groups in total. The standard InChI is InChI=1S/C17H35NO4/c1-2-3-4-7-10-22-11-8-5-6-9-18-13-17(21)16(20)12-15(18)14-19/h15-17,19-21H,2-14H2,1H3/t15-,16?,17+/m1/s1. The fourth-order valence-corrected chi connectivity index (χ4v) is 2.99. The Kier molecular flexibility index (Phi) is 11.1. The predicted molar refractivity (Wildman–Crippen MR) is 87.9 cm³/mol. The molecule has 0 aliphatic carbocycles. The first kappa shape index (κ1) is 19.8. The van der Waals surface area contributed by atoms with E-state index in [0.29, 0.717) is 13.0 Å². The minimum Gasteiger partial charge on any atom is -0.395 e. The molecule has 0 aromatic carbocycles. The molecular formula is C17H35NO4. The van der Waals surface area contributed by atoms with Gasteiger partial charge in [0.25, 0.3) is 0 Å². The summed E-state index contributed by atoms with van der Waals surface area (Å²) >= 11 is 0. The molecule has 1 aliphatic heterocycles. The molecule has 5 nitrogen and oxygen atoms in total. The maximum absolute atomic E-state index is 9.73. The molecule has 0 spiro atoms. The lowest BCUT2D eigenvalue weighted by molar-refractivity contribution is -0.0711. The van der Waals surface area contributed by atoms with Gasteiger partial charge in [0, 0.05) is 25.8 Å². The number of aliphatic hydroxyl groups is 3. The molecule has 1 rings (SSSR count). The van der Waals surface area contributed by atoms with Crippen LogP contribution in [-0.2, 0) is 4.74 Å². The molecule has 1 unspecified atom stereocenters. The first-order chi connectivity index (χ1) is 10.7. The van der Waals surface area contributed by atoms with E-state index in [2.05, 4.69) is 11.8 Å². The molecule has 1 heterocycles. The van der Waals surface area contributed by atoms with Gasteiger partial charge in [0.15, 0.2) is 0 Å². The molecule has 3 atom stereocenters. The summed E-state index contributed by atoms with van der Waals surface area (Å²) in [7, 11) is 0. The van der Waals surface area contributed by atoms with Crippen molar-refractivity contribution in [1.29, 1.82) is 0 Å². The minimum absolute atomic E-state index is 0.0202. The maximum Gasteiger partial charge on any atom is 0.0926 e. The molecule has 1 saturated heterocycles. The average Bonchev–Trinajstić information content (AvgIpc) is 2.52. The summed E-state index contributed by atoms with van der Waals surface area (Å²) in [5, 5.41) is 28.7. The van der Waals surface area contributed by atoms with Crippen LogP contribution < -0.4 is 0 Å². The van der Waals surface area contributed by atoms with Crippen LogP contribution in [0.25, 0.3) is 0 Å². The number of unbranched alkanes of at least 4 members (excludes halogenated alkanes) is 5. The molecule has 1 aliphatic rings. The van der Waals surface area contributed by atoms with Gasteiger partial charge in [-0.3, -0.25) is 4.90 Å². The third-order valence-corrected chi connectivity index (χ3v) is 4.48. The van der Waals surface area contributed by atoms with Crippen molar-refractivity contribution in [3.05, 3.63) is 0 Å². The highest BCUT2D eigenvalue weighted by Gasteiger charge is 2.32. The van der Waals surface area contributed by atoms with Crippen molar-refractivity contribution in [2.45, 2.75) is 76.5 Å². The molecule has 0 saturated carbocycles. The predicted octanol–water partition coefficient (Wildman–Crippen LogP) is 1.54. The number of β-amino-alcohol motifs (C(OH)–C–C–N with tert-alkyl or cyclic N) is 1. The van der Waals surface area contributed by atoms with Gasteiger partial charge < -0.3 is 20.1 Å². The molecule has 0 aromatic rings. The lowest BCUT2D eigenvalue weighted by atomic mass is 9.97. The van der Waals surface area contributed by atoms with Crippen LogP contribution in [0.15, 0.2) is 0 Å². The Hall–Kier alpha value is -0.200. The van der Waals surface area contributed by atoms with Crippen LogP contribution >= 0.6 is 0 Å². The van der Waals surface area contributed by atoms with E-state index < -0.39 is 12.2 Å². The van der Waals surface area contributed by atoms with E-state index in [4.69, 9.17) is 4.74 Å². The highest BCUT2D eigenvalue weighted by molar-refractivity contribution is 4.86. The fourth-order valence-electron chi connectivity index (χ4n) is 2.99. The Labute approximate surface area is 135 Å². The lowest BCUT2D eigenvalue weighted by Crippen LogP contribution is -2.53. The number of likely N-dealkylation sites (tertiary alicyclic amines) is 1. The van der Waals surface area contributed by atoms with E-state index in [0.717, 1.165) is 39.0 Å². The average molecular weight is 317 g/mol. The number of rotatable bonds is 12. The zero-order chi connectivity index (χ0) is 16.2. The molecule has 1 fully saturated rings. The Bertz CT molecular complexity index is 265. The number of hydrogen-bond donors (Lipinski definition) is 3. The topological polar surface area (TPSA) is 73.2 Å². The monoisotopic (exact) mass is 317 g/mol. The highest BCUT2D eigenvalue weighted by atomic mass is 16.5. The summed E-state index contributed by atoms with van der Waals surface area (Å²) in [6.45, 7) is 5.29. The van der Waals surface area contributed by atoms with E-state index in [-0.39, 0.29) is 12.6 Å². The highest BCUT2D eigenvalue weighted by Crippen LogP contribution is 2.18. The molecule has 22 heavy (non-hydrogen) atoms. The van der Waals surface area contributed by atoms with Gasteiger partial charge in [0.2, 0.25) is 0 Å². The summed E-state index contributed by atoms with van der Waals surface area (Å²) in [6.07, 6.45) is 7.27. The zero-order valence-electron chi connectivity index (χ0n) is 14.1.